The van der Waals surface area contributed by atoms with Gasteiger partial charge in [0, 0.05) is 19.5 Å². The Morgan fingerprint density at radius 2 is 1.59 bits per heavy atom. The molecule has 6 nitrogen and oxygen atoms in total. The van der Waals surface area contributed by atoms with E-state index in [9.17, 15) is 9.59 Å². The Bertz CT molecular complexity index is 1190. The first-order valence-corrected chi connectivity index (χ1v) is 13.7. The maximum atomic E-state index is 13.8. The molecule has 3 rings (SSSR count). The van der Waals surface area contributed by atoms with E-state index in [4.69, 9.17) is 9.47 Å². The third-order valence-electron chi connectivity index (χ3n) is 6.67. The van der Waals surface area contributed by atoms with Crippen LogP contribution in [0.1, 0.15) is 57.2 Å². The lowest BCUT2D eigenvalue weighted by Crippen LogP contribution is -2.51. The molecule has 0 saturated carbocycles. The van der Waals surface area contributed by atoms with E-state index < -0.39 is 6.04 Å². The molecular weight excluding hydrogens is 488 g/mol. The molecule has 1 atom stereocenters. The Labute approximate surface area is 233 Å². The second kappa shape index (κ2) is 14.4. The summed E-state index contributed by atoms with van der Waals surface area (Å²) < 4.78 is 11.3. The molecule has 0 bridgehead atoms. The number of benzene rings is 3. The number of nitrogens with zero attached hydrogens (tertiary/aromatic N) is 1. The Hall–Kier alpha value is -3.80. The summed E-state index contributed by atoms with van der Waals surface area (Å²) in [7, 11) is 1.61. The number of carbonyl (C=O) groups is 2. The monoisotopic (exact) mass is 530 g/mol. The Morgan fingerprint density at radius 1 is 0.897 bits per heavy atom. The quantitative estimate of drug-likeness (QED) is 0.278. The lowest BCUT2D eigenvalue weighted by Gasteiger charge is -2.31. The van der Waals surface area contributed by atoms with Crippen molar-refractivity contribution in [3.63, 3.8) is 0 Å². The maximum absolute atomic E-state index is 13.8. The van der Waals surface area contributed by atoms with Gasteiger partial charge in [-0.1, -0.05) is 88.7 Å². The van der Waals surface area contributed by atoms with Crippen LogP contribution in [0.2, 0.25) is 0 Å². The highest BCUT2D eigenvalue weighted by Crippen LogP contribution is 2.24. The molecule has 0 heterocycles. The van der Waals surface area contributed by atoms with Crippen LogP contribution in [-0.2, 0) is 28.0 Å². The minimum absolute atomic E-state index is 0.0255. The molecule has 208 valence electrons. The van der Waals surface area contributed by atoms with Gasteiger partial charge >= 0.3 is 0 Å². The van der Waals surface area contributed by atoms with Gasteiger partial charge in [0.1, 0.15) is 17.5 Å². The number of nitrogens with one attached hydrogen (secondary N) is 1. The van der Waals surface area contributed by atoms with E-state index in [2.05, 4.69) is 33.0 Å². The van der Waals surface area contributed by atoms with Crippen LogP contribution in [0.4, 0.5) is 0 Å². The van der Waals surface area contributed by atoms with Crippen LogP contribution in [0.3, 0.4) is 0 Å². The van der Waals surface area contributed by atoms with Crippen LogP contribution in [0.5, 0.6) is 11.5 Å². The molecule has 0 aliphatic heterocycles. The molecule has 39 heavy (non-hydrogen) atoms. The molecule has 0 saturated heterocycles. The van der Waals surface area contributed by atoms with Crippen molar-refractivity contribution < 1.29 is 19.1 Å². The van der Waals surface area contributed by atoms with E-state index in [1.54, 1.807) is 12.0 Å². The van der Waals surface area contributed by atoms with Crippen LogP contribution in [-0.4, -0.2) is 43.0 Å². The van der Waals surface area contributed by atoms with E-state index in [0.717, 1.165) is 24.0 Å². The van der Waals surface area contributed by atoms with Gasteiger partial charge in [-0.3, -0.25) is 9.59 Å². The summed E-state index contributed by atoms with van der Waals surface area (Å²) >= 11 is 0. The average molecular weight is 531 g/mol. The maximum Gasteiger partial charge on any atom is 0.261 e. The fourth-order valence-corrected chi connectivity index (χ4v) is 4.31. The SMILES string of the molecule is CCCCNC(=O)C(Cc1ccccc1)N(Cc1cccc(OC)c1)C(=O)COc1ccc(C(C)(C)C)cc1. The van der Waals surface area contributed by atoms with Crippen molar-refractivity contribution in [2.75, 3.05) is 20.3 Å². The van der Waals surface area contributed by atoms with Crippen LogP contribution in [0.25, 0.3) is 0 Å². The van der Waals surface area contributed by atoms with Gasteiger partial charge in [0.05, 0.1) is 7.11 Å². The zero-order valence-corrected chi connectivity index (χ0v) is 23.9. The summed E-state index contributed by atoms with van der Waals surface area (Å²) in [5.41, 5.74) is 3.07. The van der Waals surface area contributed by atoms with Gasteiger partial charge in [0.2, 0.25) is 5.91 Å². The molecule has 0 spiro atoms. The van der Waals surface area contributed by atoms with E-state index in [-0.39, 0.29) is 30.4 Å². The number of carbonyl (C=O) groups excluding carboxylic acids is 2. The molecule has 0 aliphatic rings. The largest absolute Gasteiger partial charge is 0.497 e. The van der Waals surface area contributed by atoms with Crippen LogP contribution < -0.4 is 14.8 Å². The van der Waals surface area contributed by atoms with Gasteiger partial charge < -0.3 is 19.7 Å². The highest BCUT2D eigenvalue weighted by atomic mass is 16.5. The van der Waals surface area contributed by atoms with Crippen molar-refractivity contribution in [1.82, 2.24) is 10.2 Å². The molecule has 0 fully saturated rings. The number of rotatable bonds is 13. The standard InChI is InChI=1S/C33H42N2O4/c1-6-7-20-34-32(37)30(22-25-12-9-8-10-13-25)35(23-26-14-11-15-29(21-26)38-5)31(36)24-39-28-18-16-27(17-19-28)33(2,3)4/h8-19,21,30H,6-7,20,22-24H2,1-5H3,(H,34,37). The van der Waals surface area contributed by atoms with E-state index in [1.165, 1.54) is 5.56 Å². The summed E-state index contributed by atoms with van der Waals surface area (Å²) in [6.45, 7) is 9.19. The van der Waals surface area contributed by atoms with Crippen LogP contribution in [0, 0.1) is 0 Å². The Morgan fingerprint density at radius 3 is 2.23 bits per heavy atom. The number of hydrogen-bond donors (Lipinski definition) is 1. The smallest absolute Gasteiger partial charge is 0.261 e. The van der Waals surface area contributed by atoms with Gasteiger partial charge in [0.25, 0.3) is 5.91 Å². The zero-order chi connectivity index (χ0) is 28.3. The zero-order valence-electron chi connectivity index (χ0n) is 23.9. The molecule has 0 radical (unpaired) electrons. The molecule has 3 aromatic carbocycles. The van der Waals surface area contributed by atoms with Crippen LogP contribution in [0.15, 0.2) is 78.9 Å². The van der Waals surface area contributed by atoms with Gasteiger partial charge in [0.15, 0.2) is 6.61 Å². The molecule has 0 aliphatic carbocycles. The van der Waals surface area contributed by atoms with Crippen molar-refractivity contribution in [2.24, 2.45) is 0 Å². The van der Waals surface area contributed by atoms with Crippen molar-refractivity contribution in [3.05, 3.63) is 95.6 Å². The number of unbranched alkanes of at least 4 members (excludes halogenated alkanes) is 1. The molecule has 6 heteroatoms. The van der Waals surface area contributed by atoms with Gasteiger partial charge in [-0.2, -0.15) is 0 Å². The predicted octanol–water partition coefficient (Wildman–Crippen LogP) is 5.93. The van der Waals surface area contributed by atoms with E-state index in [1.807, 2.05) is 78.9 Å². The van der Waals surface area contributed by atoms with Gasteiger partial charge in [-0.25, -0.2) is 0 Å². The first kappa shape index (κ1) is 29.8. The molecule has 1 unspecified atom stereocenters. The van der Waals surface area contributed by atoms with E-state index >= 15 is 0 Å². The fraction of sp³-hybridized carbons (Fsp3) is 0.394. The number of amides is 2. The first-order chi connectivity index (χ1) is 18.7. The predicted molar refractivity (Wildman–Crippen MR) is 156 cm³/mol. The van der Waals surface area contributed by atoms with E-state index in [0.29, 0.717) is 24.5 Å². The highest BCUT2D eigenvalue weighted by Gasteiger charge is 2.30. The van der Waals surface area contributed by atoms with Crippen molar-refractivity contribution in [3.8, 4) is 11.5 Å². The normalized spacial score (nSPS) is 11.9. The number of methoxy groups -OCH3 is 1. The first-order valence-electron chi connectivity index (χ1n) is 13.7. The fourth-order valence-electron chi connectivity index (χ4n) is 4.31. The molecule has 1 N–H and O–H groups in total. The Balaban J connectivity index is 1.88. The topological polar surface area (TPSA) is 67.9 Å². The summed E-state index contributed by atoms with van der Waals surface area (Å²) in [6, 6.07) is 24.5. The third-order valence-corrected chi connectivity index (χ3v) is 6.67. The summed E-state index contributed by atoms with van der Waals surface area (Å²) in [5, 5.41) is 3.04. The molecule has 2 amide bonds. The van der Waals surface area contributed by atoms with Crippen molar-refractivity contribution in [1.29, 1.82) is 0 Å². The lowest BCUT2D eigenvalue weighted by molar-refractivity contribution is -0.142. The molecule has 3 aromatic rings. The molecule has 0 aromatic heterocycles. The summed E-state index contributed by atoms with van der Waals surface area (Å²) in [6.07, 6.45) is 2.24. The van der Waals surface area contributed by atoms with Gasteiger partial charge in [-0.15, -0.1) is 0 Å². The minimum atomic E-state index is -0.699. The van der Waals surface area contributed by atoms with Gasteiger partial charge in [-0.05, 0) is 52.8 Å². The summed E-state index contributed by atoms with van der Waals surface area (Å²) in [4.78, 5) is 28.9. The molecular formula is C33H42N2O4. The highest BCUT2D eigenvalue weighted by molar-refractivity contribution is 5.88. The number of hydrogen-bond acceptors (Lipinski definition) is 4. The number of ether oxygens (including phenoxy) is 2. The Kier molecular flexibility index (Phi) is 11.0. The second-order valence-corrected chi connectivity index (χ2v) is 10.8. The third kappa shape index (κ3) is 9.17. The lowest BCUT2D eigenvalue weighted by atomic mass is 9.87. The average Bonchev–Trinajstić information content (AvgIpc) is 2.94. The minimum Gasteiger partial charge on any atom is -0.497 e. The van der Waals surface area contributed by atoms with Crippen LogP contribution >= 0.6 is 0 Å². The van der Waals surface area contributed by atoms with Crippen molar-refractivity contribution >= 4 is 11.8 Å². The second-order valence-electron chi connectivity index (χ2n) is 10.8. The summed E-state index contributed by atoms with van der Waals surface area (Å²) in [5.74, 6) is 0.883. The van der Waals surface area contributed by atoms with Crippen molar-refractivity contribution in [2.45, 2.75) is 65.0 Å².